The van der Waals surface area contributed by atoms with E-state index < -0.39 is 0 Å². The lowest BCUT2D eigenvalue weighted by atomic mass is 9.81. The molecule has 0 saturated heterocycles. The highest BCUT2D eigenvalue weighted by molar-refractivity contribution is 9.11. The van der Waals surface area contributed by atoms with Gasteiger partial charge in [-0.15, -0.1) is 0 Å². The summed E-state index contributed by atoms with van der Waals surface area (Å²) in [5.74, 6) is 0. The molecule has 1 aliphatic carbocycles. The Bertz CT molecular complexity index is 1110. The van der Waals surface area contributed by atoms with Crippen molar-refractivity contribution < 1.29 is 0 Å². The Morgan fingerprint density at radius 1 is 0.739 bits per heavy atom. The van der Waals surface area contributed by atoms with Crippen LogP contribution in [0.4, 0.5) is 0 Å². The highest BCUT2D eigenvalue weighted by Crippen LogP contribution is 2.46. The third-order valence-corrected chi connectivity index (χ3v) is 6.17. The lowest BCUT2D eigenvalue weighted by molar-refractivity contribution is 1.21. The highest BCUT2D eigenvalue weighted by atomic mass is 79.9. The SMILES string of the molecule is Brc1cccc2c1-c1ccc(Br)c3cc4ccccc4c(c13)C2. The van der Waals surface area contributed by atoms with E-state index in [-0.39, 0.29) is 0 Å². The van der Waals surface area contributed by atoms with E-state index in [0.29, 0.717) is 0 Å². The molecule has 110 valence electrons. The van der Waals surface area contributed by atoms with E-state index in [9.17, 15) is 0 Å². The van der Waals surface area contributed by atoms with E-state index in [4.69, 9.17) is 0 Å². The number of fused-ring (bicyclic) bond motifs is 4. The van der Waals surface area contributed by atoms with Crippen molar-refractivity contribution in [3.05, 3.63) is 80.7 Å². The van der Waals surface area contributed by atoms with Crippen LogP contribution in [0, 0.1) is 0 Å². The van der Waals surface area contributed by atoms with E-state index in [1.807, 2.05) is 0 Å². The fraction of sp³-hybridized carbons (Fsp3) is 0.0476. The third-order valence-electron chi connectivity index (χ3n) is 4.82. The quantitative estimate of drug-likeness (QED) is 0.233. The smallest absolute Gasteiger partial charge is 0.0256 e. The first-order valence-corrected chi connectivity index (χ1v) is 9.23. The van der Waals surface area contributed by atoms with Gasteiger partial charge in [0.05, 0.1) is 0 Å². The van der Waals surface area contributed by atoms with Crippen molar-refractivity contribution >= 4 is 53.4 Å². The molecule has 23 heavy (non-hydrogen) atoms. The number of hydrogen-bond donors (Lipinski definition) is 0. The zero-order valence-electron chi connectivity index (χ0n) is 12.2. The summed E-state index contributed by atoms with van der Waals surface area (Å²) in [6, 6.07) is 22.0. The Balaban J connectivity index is 2.07. The van der Waals surface area contributed by atoms with E-state index >= 15 is 0 Å². The van der Waals surface area contributed by atoms with Crippen molar-refractivity contribution in [2.75, 3.05) is 0 Å². The number of benzene rings is 4. The maximum absolute atomic E-state index is 3.76. The molecule has 0 unspecified atom stereocenters. The maximum atomic E-state index is 3.76. The summed E-state index contributed by atoms with van der Waals surface area (Å²) in [4.78, 5) is 0. The van der Waals surface area contributed by atoms with Gasteiger partial charge in [0.1, 0.15) is 0 Å². The van der Waals surface area contributed by atoms with E-state index in [1.54, 1.807) is 0 Å². The average Bonchev–Trinajstić information content (AvgIpc) is 2.57. The Labute approximate surface area is 151 Å². The van der Waals surface area contributed by atoms with Gasteiger partial charge in [-0.3, -0.25) is 0 Å². The molecule has 0 nitrogen and oxygen atoms in total. The summed E-state index contributed by atoms with van der Waals surface area (Å²) in [5, 5.41) is 5.37. The normalized spacial score (nSPS) is 12.6. The summed E-state index contributed by atoms with van der Waals surface area (Å²) in [6.07, 6.45) is 0.982. The fourth-order valence-electron chi connectivity index (χ4n) is 3.85. The summed E-state index contributed by atoms with van der Waals surface area (Å²) in [6.45, 7) is 0. The molecule has 1 aliphatic rings. The van der Waals surface area contributed by atoms with Gasteiger partial charge < -0.3 is 0 Å². The van der Waals surface area contributed by atoms with Crippen molar-refractivity contribution in [3.8, 4) is 11.1 Å². The molecule has 0 amide bonds. The Morgan fingerprint density at radius 2 is 1.61 bits per heavy atom. The van der Waals surface area contributed by atoms with Crippen LogP contribution in [0.5, 0.6) is 0 Å². The summed E-state index contributed by atoms with van der Waals surface area (Å²) in [5.41, 5.74) is 5.51. The highest BCUT2D eigenvalue weighted by Gasteiger charge is 2.22. The molecule has 0 aromatic heterocycles. The summed E-state index contributed by atoms with van der Waals surface area (Å²) >= 11 is 7.51. The molecular weight excluding hydrogens is 412 g/mol. The van der Waals surface area contributed by atoms with Crippen molar-refractivity contribution in [1.82, 2.24) is 0 Å². The van der Waals surface area contributed by atoms with Gasteiger partial charge in [-0.25, -0.2) is 0 Å². The van der Waals surface area contributed by atoms with Crippen LogP contribution in [0.3, 0.4) is 0 Å². The monoisotopic (exact) mass is 422 g/mol. The number of rotatable bonds is 0. The lowest BCUT2D eigenvalue weighted by Gasteiger charge is -2.24. The first-order valence-electron chi connectivity index (χ1n) is 7.64. The van der Waals surface area contributed by atoms with Crippen molar-refractivity contribution in [2.24, 2.45) is 0 Å². The molecule has 4 aromatic carbocycles. The molecular formula is C21H12Br2. The molecule has 0 saturated carbocycles. The van der Waals surface area contributed by atoms with Gasteiger partial charge in [0.2, 0.25) is 0 Å². The average molecular weight is 424 g/mol. The molecule has 0 spiro atoms. The number of hydrogen-bond acceptors (Lipinski definition) is 0. The molecule has 0 aliphatic heterocycles. The fourth-order valence-corrected chi connectivity index (χ4v) is 4.91. The predicted molar refractivity (Wildman–Crippen MR) is 105 cm³/mol. The van der Waals surface area contributed by atoms with Gasteiger partial charge in [0.15, 0.2) is 0 Å². The van der Waals surface area contributed by atoms with Gasteiger partial charge in [0.25, 0.3) is 0 Å². The molecule has 4 aromatic rings. The number of halogens is 2. The second-order valence-corrected chi connectivity index (χ2v) is 7.75. The third kappa shape index (κ3) is 1.88. The van der Waals surface area contributed by atoms with E-state index in [2.05, 4.69) is 92.5 Å². The van der Waals surface area contributed by atoms with Crippen molar-refractivity contribution in [1.29, 1.82) is 0 Å². The molecule has 0 heterocycles. The van der Waals surface area contributed by atoms with Crippen LogP contribution in [0.25, 0.3) is 32.7 Å². The Hall–Kier alpha value is -1.64. The standard InChI is InChI=1S/C21H12Br2/c22-18-9-8-15-20-13(5-3-7-19(20)23)11-16-14-6-2-1-4-12(14)10-17(18)21(15)16/h1-10H,11H2. The van der Waals surface area contributed by atoms with E-state index in [0.717, 1.165) is 6.42 Å². The first kappa shape index (κ1) is 13.8. The topological polar surface area (TPSA) is 0 Å². The van der Waals surface area contributed by atoms with Gasteiger partial charge in [-0.2, -0.15) is 0 Å². The van der Waals surface area contributed by atoms with Crippen molar-refractivity contribution in [2.45, 2.75) is 6.42 Å². The van der Waals surface area contributed by atoms with Crippen LogP contribution < -0.4 is 0 Å². The minimum absolute atomic E-state index is 0.982. The zero-order chi connectivity index (χ0) is 15.6. The minimum atomic E-state index is 0.982. The largest absolute Gasteiger partial charge is 0.0616 e. The van der Waals surface area contributed by atoms with Gasteiger partial charge in [-0.1, -0.05) is 74.3 Å². The molecule has 0 fully saturated rings. The molecule has 0 N–H and O–H groups in total. The molecule has 0 atom stereocenters. The second-order valence-electron chi connectivity index (χ2n) is 6.04. The second kappa shape index (κ2) is 4.93. The van der Waals surface area contributed by atoms with Gasteiger partial charge in [0, 0.05) is 14.5 Å². The zero-order valence-corrected chi connectivity index (χ0v) is 15.4. The predicted octanol–water partition coefficient (Wildman–Crippen LogP) is 7.09. The molecule has 0 bridgehead atoms. The lowest BCUT2D eigenvalue weighted by Crippen LogP contribution is -2.03. The van der Waals surface area contributed by atoms with Crippen LogP contribution in [0.15, 0.2) is 69.6 Å². The first-order chi connectivity index (χ1) is 11.2. The molecule has 2 heteroatoms. The van der Waals surface area contributed by atoms with Gasteiger partial charge in [-0.05, 0) is 62.9 Å². The van der Waals surface area contributed by atoms with Crippen molar-refractivity contribution in [3.63, 3.8) is 0 Å². The molecule has 0 radical (unpaired) electrons. The minimum Gasteiger partial charge on any atom is -0.0616 e. The van der Waals surface area contributed by atoms with Crippen LogP contribution in [-0.4, -0.2) is 0 Å². The Morgan fingerprint density at radius 3 is 2.52 bits per heavy atom. The molecule has 5 rings (SSSR count). The van der Waals surface area contributed by atoms with Crippen LogP contribution in [0.1, 0.15) is 11.1 Å². The van der Waals surface area contributed by atoms with E-state index in [1.165, 1.54) is 52.7 Å². The maximum Gasteiger partial charge on any atom is 0.0256 e. The van der Waals surface area contributed by atoms with Gasteiger partial charge >= 0.3 is 0 Å². The van der Waals surface area contributed by atoms with Crippen LogP contribution in [0.2, 0.25) is 0 Å². The van der Waals surface area contributed by atoms with Crippen LogP contribution >= 0.6 is 31.9 Å². The Kier molecular flexibility index (Phi) is 2.95. The summed E-state index contributed by atoms with van der Waals surface area (Å²) in [7, 11) is 0. The van der Waals surface area contributed by atoms with Crippen LogP contribution in [-0.2, 0) is 6.42 Å². The summed E-state index contributed by atoms with van der Waals surface area (Å²) < 4.78 is 2.34.